The summed E-state index contributed by atoms with van der Waals surface area (Å²) < 4.78 is 7.00. The highest BCUT2D eigenvalue weighted by molar-refractivity contribution is 5.94. The van der Waals surface area contributed by atoms with Crippen LogP contribution >= 0.6 is 0 Å². The van der Waals surface area contributed by atoms with Gasteiger partial charge in [0.1, 0.15) is 6.54 Å². The Morgan fingerprint density at radius 1 is 0.933 bits per heavy atom. The van der Waals surface area contributed by atoms with Crippen molar-refractivity contribution in [3.8, 4) is 0 Å². The molecular formula is C24H26N2O4. The van der Waals surface area contributed by atoms with E-state index in [1.807, 2.05) is 24.3 Å². The molecule has 3 aromatic rings. The fraction of sp³-hybridized carbons (Fsp3) is 0.375. The van der Waals surface area contributed by atoms with Crippen LogP contribution in [0.15, 0.2) is 53.3 Å². The van der Waals surface area contributed by atoms with Gasteiger partial charge in [-0.05, 0) is 43.0 Å². The Balaban J connectivity index is 1.44. The van der Waals surface area contributed by atoms with Crippen molar-refractivity contribution in [2.24, 2.45) is 5.92 Å². The van der Waals surface area contributed by atoms with Crippen LogP contribution in [0.2, 0.25) is 0 Å². The van der Waals surface area contributed by atoms with E-state index in [2.05, 4.69) is 5.32 Å². The maximum atomic E-state index is 12.8. The molecule has 0 aliphatic heterocycles. The van der Waals surface area contributed by atoms with Gasteiger partial charge in [-0.25, -0.2) is 0 Å². The maximum absolute atomic E-state index is 12.8. The third-order valence-electron chi connectivity index (χ3n) is 5.84. The SMILES string of the molecule is O=C(COC(=O)Cn1c2ccccc2c(=O)c2ccccc21)NCC1CCCCC1. The third-order valence-corrected chi connectivity index (χ3v) is 5.84. The van der Waals surface area contributed by atoms with Crippen LogP contribution in [0.3, 0.4) is 0 Å². The van der Waals surface area contributed by atoms with Crippen molar-refractivity contribution in [1.29, 1.82) is 0 Å². The Hall–Kier alpha value is -3.15. The van der Waals surface area contributed by atoms with Crippen LogP contribution in [0, 0.1) is 5.92 Å². The number of nitrogens with zero attached hydrogens (tertiary/aromatic N) is 1. The van der Waals surface area contributed by atoms with E-state index >= 15 is 0 Å². The molecule has 1 amide bonds. The fourth-order valence-electron chi connectivity index (χ4n) is 4.27. The second kappa shape index (κ2) is 9.11. The molecule has 1 aromatic heterocycles. The molecule has 0 atom stereocenters. The first kappa shape index (κ1) is 20.1. The van der Waals surface area contributed by atoms with Gasteiger partial charge in [0.2, 0.25) is 0 Å². The Labute approximate surface area is 174 Å². The lowest BCUT2D eigenvalue weighted by Gasteiger charge is -2.21. The van der Waals surface area contributed by atoms with E-state index in [1.165, 1.54) is 19.3 Å². The van der Waals surface area contributed by atoms with Gasteiger partial charge in [0.15, 0.2) is 12.0 Å². The normalized spacial score (nSPS) is 14.7. The second-order valence-corrected chi connectivity index (χ2v) is 7.92. The number of ether oxygens (including phenoxy) is 1. The lowest BCUT2D eigenvalue weighted by molar-refractivity contribution is -0.149. The van der Waals surface area contributed by atoms with Gasteiger partial charge in [-0.2, -0.15) is 0 Å². The van der Waals surface area contributed by atoms with Crippen LogP contribution in [0.1, 0.15) is 32.1 Å². The number of benzene rings is 2. The van der Waals surface area contributed by atoms with Crippen LogP contribution in [0.25, 0.3) is 21.8 Å². The highest BCUT2D eigenvalue weighted by Gasteiger charge is 2.16. The van der Waals surface area contributed by atoms with Gasteiger partial charge >= 0.3 is 5.97 Å². The number of amides is 1. The summed E-state index contributed by atoms with van der Waals surface area (Å²) in [4.78, 5) is 37.3. The standard InChI is InChI=1S/C24H26N2O4/c27-22(25-14-17-8-2-1-3-9-17)16-30-23(28)15-26-20-12-6-4-10-18(20)24(29)19-11-5-7-13-21(19)26/h4-7,10-13,17H,1-3,8-9,14-16H2,(H,25,27). The summed E-state index contributed by atoms with van der Waals surface area (Å²) in [6, 6.07) is 14.4. The fourth-order valence-corrected chi connectivity index (χ4v) is 4.27. The molecule has 4 rings (SSSR count). The van der Waals surface area contributed by atoms with Gasteiger partial charge in [-0.15, -0.1) is 0 Å². The average molecular weight is 406 g/mol. The van der Waals surface area contributed by atoms with E-state index in [1.54, 1.807) is 28.8 Å². The number of hydrogen-bond acceptors (Lipinski definition) is 4. The number of carbonyl (C=O) groups excluding carboxylic acids is 2. The first-order valence-electron chi connectivity index (χ1n) is 10.6. The van der Waals surface area contributed by atoms with Gasteiger partial charge in [-0.1, -0.05) is 43.5 Å². The minimum atomic E-state index is -0.512. The molecule has 0 radical (unpaired) electrons. The van der Waals surface area contributed by atoms with E-state index in [4.69, 9.17) is 4.74 Å². The largest absolute Gasteiger partial charge is 0.454 e. The van der Waals surface area contributed by atoms with Crippen molar-refractivity contribution < 1.29 is 14.3 Å². The van der Waals surface area contributed by atoms with Crippen molar-refractivity contribution >= 4 is 33.7 Å². The summed E-state index contributed by atoms with van der Waals surface area (Å²) in [6.45, 7) is 0.282. The van der Waals surface area contributed by atoms with Crippen LogP contribution in [0.5, 0.6) is 0 Å². The van der Waals surface area contributed by atoms with Crippen molar-refractivity contribution in [2.75, 3.05) is 13.2 Å². The van der Waals surface area contributed by atoms with Gasteiger partial charge in [-0.3, -0.25) is 14.4 Å². The minimum absolute atomic E-state index is 0.0621. The number of para-hydroxylation sites is 2. The van der Waals surface area contributed by atoms with E-state index < -0.39 is 5.97 Å². The quantitative estimate of drug-likeness (QED) is 0.503. The monoisotopic (exact) mass is 406 g/mol. The molecule has 1 heterocycles. The molecule has 1 fully saturated rings. The predicted molar refractivity (Wildman–Crippen MR) is 116 cm³/mol. The molecule has 0 bridgehead atoms. The van der Waals surface area contributed by atoms with E-state index in [-0.39, 0.29) is 24.5 Å². The number of esters is 1. The van der Waals surface area contributed by atoms with Crippen molar-refractivity contribution in [1.82, 2.24) is 9.88 Å². The van der Waals surface area contributed by atoms with Crippen LogP contribution in [-0.2, 0) is 20.9 Å². The van der Waals surface area contributed by atoms with Crippen LogP contribution in [-0.4, -0.2) is 29.6 Å². The lowest BCUT2D eigenvalue weighted by atomic mass is 9.89. The molecule has 6 heteroatoms. The Morgan fingerprint density at radius 2 is 1.53 bits per heavy atom. The Bertz CT molecular complexity index is 1070. The van der Waals surface area contributed by atoms with Gasteiger partial charge < -0.3 is 14.6 Å². The molecule has 30 heavy (non-hydrogen) atoms. The number of nitrogens with one attached hydrogen (secondary N) is 1. The highest BCUT2D eigenvalue weighted by Crippen LogP contribution is 2.22. The molecule has 1 saturated carbocycles. The predicted octanol–water partition coefficient (Wildman–Crippen LogP) is 3.39. The van der Waals surface area contributed by atoms with Crippen molar-refractivity contribution in [3.05, 3.63) is 58.8 Å². The van der Waals surface area contributed by atoms with Crippen LogP contribution < -0.4 is 10.7 Å². The molecule has 6 nitrogen and oxygen atoms in total. The van der Waals surface area contributed by atoms with E-state index in [0.29, 0.717) is 34.3 Å². The molecule has 1 aliphatic carbocycles. The number of rotatable bonds is 6. The number of fused-ring (bicyclic) bond motifs is 2. The van der Waals surface area contributed by atoms with Crippen molar-refractivity contribution in [3.63, 3.8) is 0 Å². The summed E-state index contributed by atoms with van der Waals surface area (Å²) in [7, 11) is 0. The van der Waals surface area contributed by atoms with Crippen LogP contribution in [0.4, 0.5) is 0 Å². The summed E-state index contributed by atoms with van der Waals surface area (Å²) >= 11 is 0. The third kappa shape index (κ3) is 4.37. The summed E-state index contributed by atoms with van der Waals surface area (Å²) in [5.41, 5.74) is 1.27. The molecule has 1 aliphatic rings. The summed E-state index contributed by atoms with van der Waals surface area (Å²) in [6.07, 6.45) is 6.00. The molecule has 0 unspecified atom stereocenters. The smallest absolute Gasteiger partial charge is 0.326 e. The maximum Gasteiger partial charge on any atom is 0.326 e. The number of carbonyl (C=O) groups is 2. The summed E-state index contributed by atoms with van der Waals surface area (Å²) in [5.74, 6) is -0.261. The van der Waals surface area contributed by atoms with Gasteiger partial charge in [0.05, 0.1) is 11.0 Å². The average Bonchev–Trinajstić information content (AvgIpc) is 2.80. The molecule has 156 valence electrons. The zero-order chi connectivity index (χ0) is 20.9. The molecule has 2 aromatic carbocycles. The highest BCUT2D eigenvalue weighted by atomic mass is 16.5. The minimum Gasteiger partial charge on any atom is -0.454 e. The first-order valence-corrected chi connectivity index (χ1v) is 10.6. The van der Waals surface area contributed by atoms with E-state index in [0.717, 1.165) is 12.8 Å². The number of hydrogen-bond donors (Lipinski definition) is 1. The molecule has 0 saturated heterocycles. The second-order valence-electron chi connectivity index (χ2n) is 7.92. The lowest BCUT2D eigenvalue weighted by Crippen LogP contribution is -2.34. The molecule has 0 spiro atoms. The topological polar surface area (TPSA) is 77.4 Å². The number of pyridine rings is 1. The molecular weight excluding hydrogens is 380 g/mol. The van der Waals surface area contributed by atoms with Gasteiger partial charge in [0, 0.05) is 17.3 Å². The first-order chi connectivity index (χ1) is 14.6. The summed E-state index contributed by atoms with van der Waals surface area (Å²) in [5, 5.41) is 3.97. The zero-order valence-corrected chi connectivity index (χ0v) is 16.9. The Morgan fingerprint density at radius 3 is 2.17 bits per heavy atom. The molecule has 1 N–H and O–H groups in total. The van der Waals surface area contributed by atoms with E-state index in [9.17, 15) is 14.4 Å². The van der Waals surface area contributed by atoms with Gasteiger partial charge in [0.25, 0.3) is 5.91 Å². The van der Waals surface area contributed by atoms with Crippen molar-refractivity contribution in [2.45, 2.75) is 38.6 Å². The zero-order valence-electron chi connectivity index (χ0n) is 16.9. The Kier molecular flexibility index (Phi) is 6.12. The number of aromatic nitrogens is 1.